The van der Waals surface area contributed by atoms with Gasteiger partial charge in [0, 0.05) is 50.3 Å². The fraction of sp³-hybridized carbons (Fsp3) is 0.714. The van der Waals surface area contributed by atoms with E-state index in [1.165, 1.54) is 9.88 Å². The van der Waals surface area contributed by atoms with Gasteiger partial charge in [-0.15, -0.1) is 11.3 Å². The largest absolute Gasteiger partial charge is 0.382 e. The van der Waals surface area contributed by atoms with Crippen LogP contribution in [0.3, 0.4) is 0 Å². The molecule has 0 bridgehead atoms. The summed E-state index contributed by atoms with van der Waals surface area (Å²) in [5, 5.41) is 7.75. The van der Waals surface area contributed by atoms with Crippen molar-refractivity contribution in [3.8, 4) is 0 Å². The van der Waals surface area contributed by atoms with Crippen LogP contribution in [-0.2, 0) is 11.2 Å². The van der Waals surface area contributed by atoms with E-state index in [4.69, 9.17) is 4.74 Å². The topological polar surface area (TPSA) is 58.5 Å². The van der Waals surface area contributed by atoms with Gasteiger partial charge >= 0.3 is 0 Å². The smallest absolute Gasteiger partial charge is 0.191 e. The molecule has 0 aliphatic heterocycles. The molecule has 0 aromatic carbocycles. The molecule has 0 saturated heterocycles. The molecular formula is C14H26N4OS. The molecule has 1 aromatic heterocycles. The third-order valence-electron chi connectivity index (χ3n) is 2.57. The van der Waals surface area contributed by atoms with Gasteiger partial charge in [0.2, 0.25) is 0 Å². The summed E-state index contributed by atoms with van der Waals surface area (Å²) >= 11 is 1.75. The molecule has 0 spiro atoms. The molecule has 5 nitrogen and oxygen atoms in total. The lowest BCUT2D eigenvalue weighted by atomic mass is 10.4. The Bertz CT molecular complexity index is 392. The molecule has 1 heterocycles. The van der Waals surface area contributed by atoms with Crippen LogP contribution in [0.4, 0.5) is 0 Å². The maximum Gasteiger partial charge on any atom is 0.191 e. The highest BCUT2D eigenvalue weighted by atomic mass is 32.1. The van der Waals surface area contributed by atoms with E-state index in [1.807, 2.05) is 13.1 Å². The van der Waals surface area contributed by atoms with E-state index in [0.717, 1.165) is 51.6 Å². The molecule has 0 aliphatic carbocycles. The summed E-state index contributed by atoms with van der Waals surface area (Å²) in [5.41, 5.74) is 0. The summed E-state index contributed by atoms with van der Waals surface area (Å²) in [4.78, 5) is 10.1. The van der Waals surface area contributed by atoms with Gasteiger partial charge in [-0.3, -0.25) is 4.99 Å². The lowest BCUT2D eigenvalue weighted by Crippen LogP contribution is -2.38. The average molecular weight is 298 g/mol. The van der Waals surface area contributed by atoms with Gasteiger partial charge in [0.15, 0.2) is 5.96 Å². The summed E-state index contributed by atoms with van der Waals surface area (Å²) < 4.78 is 5.30. The molecule has 0 radical (unpaired) electrons. The van der Waals surface area contributed by atoms with Crippen LogP contribution in [0.1, 0.15) is 30.2 Å². The number of nitrogens with zero attached hydrogens (tertiary/aromatic N) is 2. The van der Waals surface area contributed by atoms with Crippen molar-refractivity contribution in [2.24, 2.45) is 4.99 Å². The highest BCUT2D eigenvalue weighted by molar-refractivity contribution is 7.11. The minimum absolute atomic E-state index is 0.773. The Morgan fingerprint density at radius 1 is 1.40 bits per heavy atom. The Labute approximate surface area is 125 Å². The van der Waals surface area contributed by atoms with Crippen molar-refractivity contribution in [3.63, 3.8) is 0 Å². The predicted molar refractivity (Wildman–Crippen MR) is 85.6 cm³/mol. The van der Waals surface area contributed by atoms with Gasteiger partial charge in [0.25, 0.3) is 0 Å². The first-order chi connectivity index (χ1) is 9.76. The zero-order valence-corrected chi connectivity index (χ0v) is 13.6. The standard InChI is InChI=1S/C14H26N4OS/c1-4-15-14(16-8-6-10-19-5-2)17-9-7-13-18-11-12(3)20-13/h11H,4-10H2,1-3H3,(H2,15,16,17). The van der Waals surface area contributed by atoms with Crippen LogP contribution < -0.4 is 10.6 Å². The van der Waals surface area contributed by atoms with E-state index in [9.17, 15) is 0 Å². The van der Waals surface area contributed by atoms with E-state index in [-0.39, 0.29) is 0 Å². The van der Waals surface area contributed by atoms with Gasteiger partial charge in [0.05, 0.1) is 5.01 Å². The highest BCUT2D eigenvalue weighted by Crippen LogP contribution is 2.10. The van der Waals surface area contributed by atoms with Crippen molar-refractivity contribution in [2.75, 3.05) is 32.8 Å². The fourth-order valence-electron chi connectivity index (χ4n) is 1.65. The summed E-state index contributed by atoms with van der Waals surface area (Å²) in [6.45, 7) is 10.2. The summed E-state index contributed by atoms with van der Waals surface area (Å²) in [6.07, 6.45) is 3.81. The molecule has 1 rings (SSSR count). The number of nitrogens with one attached hydrogen (secondary N) is 2. The minimum atomic E-state index is 0.773. The van der Waals surface area contributed by atoms with E-state index in [2.05, 4.69) is 34.5 Å². The first-order valence-corrected chi connectivity index (χ1v) is 8.09. The lowest BCUT2D eigenvalue weighted by molar-refractivity contribution is 0.146. The van der Waals surface area contributed by atoms with Gasteiger partial charge < -0.3 is 15.4 Å². The highest BCUT2D eigenvalue weighted by Gasteiger charge is 2.00. The van der Waals surface area contributed by atoms with Gasteiger partial charge in [-0.25, -0.2) is 4.98 Å². The minimum Gasteiger partial charge on any atom is -0.382 e. The second-order valence-corrected chi connectivity index (χ2v) is 5.67. The van der Waals surface area contributed by atoms with Crippen molar-refractivity contribution in [1.29, 1.82) is 0 Å². The Kier molecular flexibility index (Phi) is 8.98. The van der Waals surface area contributed by atoms with Crippen molar-refractivity contribution < 1.29 is 4.74 Å². The molecule has 0 fully saturated rings. The second-order valence-electron chi connectivity index (χ2n) is 4.35. The van der Waals surface area contributed by atoms with Gasteiger partial charge in [-0.05, 0) is 27.2 Å². The second kappa shape index (κ2) is 10.6. The number of ether oxygens (including phenoxy) is 1. The predicted octanol–water partition coefficient (Wildman–Crippen LogP) is 1.98. The number of guanidine groups is 1. The fourth-order valence-corrected chi connectivity index (χ4v) is 2.44. The molecule has 2 N–H and O–H groups in total. The molecule has 0 saturated carbocycles. The van der Waals surface area contributed by atoms with Crippen LogP contribution in [-0.4, -0.2) is 43.8 Å². The first-order valence-electron chi connectivity index (χ1n) is 7.27. The number of rotatable bonds is 9. The Morgan fingerprint density at radius 2 is 2.25 bits per heavy atom. The van der Waals surface area contributed by atoms with Crippen molar-refractivity contribution in [2.45, 2.75) is 33.6 Å². The number of hydrogen-bond donors (Lipinski definition) is 2. The molecule has 1 aromatic rings. The van der Waals surface area contributed by atoms with Crippen LogP contribution >= 0.6 is 11.3 Å². The molecule has 0 unspecified atom stereocenters. The number of aryl methyl sites for hydroxylation is 1. The normalized spacial score (nSPS) is 11.7. The number of aliphatic imine (C=N–C) groups is 1. The van der Waals surface area contributed by atoms with E-state index < -0.39 is 0 Å². The molecule has 20 heavy (non-hydrogen) atoms. The molecule has 114 valence electrons. The molecule has 0 aliphatic rings. The summed E-state index contributed by atoms with van der Waals surface area (Å²) in [7, 11) is 0. The van der Waals surface area contributed by atoms with Gasteiger partial charge in [-0.1, -0.05) is 0 Å². The number of aromatic nitrogens is 1. The average Bonchev–Trinajstić information content (AvgIpc) is 2.84. The SMILES string of the molecule is CCNC(=NCCCOCC)NCCc1ncc(C)s1. The van der Waals surface area contributed by atoms with E-state index >= 15 is 0 Å². The Balaban J connectivity index is 2.25. The zero-order valence-electron chi connectivity index (χ0n) is 12.7. The quantitative estimate of drug-likeness (QED) is 0.416. The molecule has 0 atom stereocenters. The van der Waals surface area contributed by atoms with Crippen molar-refractivity contribution in [3.05, 3.63) is 16.1 Å². The van der Waals surface area contributed by atoms with Crippen molar-refractivity contribution >= 4 is 17.3 Å². The lowest BCUT2D eigenvalue weighted by Gasteiger charge is -2.10. The summed E-state index contributed by atoms with van der Waals surface area (Å²) in [5.74, 6) is 0.872. The zero-order chi connectivity index (χ0) is 14.6. The number of hydrogen-bond acceptors (Lipinski definition) is 4. The van der Waals surface area contributed by atoms with Crippen LogP contribution in [0.5, 0.6) is 0 Å². The molecule has 0 amide bonds. The third kappa shape index (κ3) is 7.45. The van der Waals surface area contributed by atoms with Gasteiger partial charge in [0.1, 0.15) is 0 Å². The van der Waals surface area contributed by atoms with E-state index in [1.54, 1.807) is 11.3 Å². The maximum atomic E-state index is 5.30. The maximum absolute atomic E-state index is 5.30. The first kappa shape index (κ1) is 16.9. The third-order valence-corrected chi connectivity index (χ3v) is 3.54. The van der Waals surface area contributed by atoms with E-state index in [0.29, 0.717) is 0 Å². The van der Waals surface area contributed by atoms with Crippen LogP contribution in [0, 0.1) is 6.92 Å². The Morgan fingerprint density at radius 3 is 2.90 bits per heavy atom. The monoisotopic (exact) mass is 298 g/mol. The van der Waals surface area contributed by atoms with Gasteiger partial charge in [-0.2, -0.15) is 0 Å². The molecule has 6 heteroatoms. The van der Waals surface area contributed by atoms with Crippen LogP contribution in [0.15, 0.2) is 11.2 Å². The summed E-state index contributed by atoms with van der Waals surface area (Å²) in [6, 6.07) is 0. The van der Waals surface area contributed by atoms with Crippen LogP contribution in [0.2, 0.25) is 0 Å². The molecular weight excluding hydrogens is 272 g/mol. The van der Waals surface area contributed by atoms with Crippen molar-refractivity contribution in [1.82, 2.24) is 15.6 Å². The number of thiazole rings is 1. The Hall–Kier alpha value is -1.14. The van der Waals surface area contributed by atoms with Crippen LogP contribution in [0.25, 0.3) is 0 Å².